The van der Waals surface area contributed by atoms with Crippen molar-refractivity contribution in [2.45, 2.75) is 39.0 Å². The van der Waals surface area contributed by atoms with Crippen molar-refractivity contribution in [3.8, 4) is 35.2 Å². The van der Waals surface area contributed by atoms with Crippen LogP contribution in [-0.2, 0) is 32.2 Å². The molecule has 0 unspecified atom stereocenters. The van der Waals surface area contributed by atoms with Crippen LogP contribution in [0.25, 0.3) is 21.8 Å². The maximum Gasteiger partial charge on any atom is 0.408 e. The highest BCUT2D eigenvalue weighted by atomic mass is 16.5. The van der Waals surface area contributed by atoms with Gasteiger partial charge in [-0.1, -0.05) is 87.4 Å². The number of nitrogens with one attached hydrogen (secondary N) is 3. The van der Waals surface area contributed by atoms with Gasteiger partial charge in [-0.25, -0.2) is 24.4 Å². The maximum absolute atomic E-state index is 13.1. The Kier molecular flexibility index (Phi) is 14.8. The van der Waals surface area contributed by atoms with E-state index in [0.29, 0.717) is 40.6 Å². The summed E-state index contributed by atoms with van der Waals surface area (Å²) in [5, 5.41) is 9.21. The predicted octanol–water partition coefficient (Wildman–Crippen LogP) is 5.62. The molecule has 3 aliphatic heterocycles. The normalized spacial score (nSPS) is 15.9. The minimum atomic E-state index is -1.91. The van der Waals surface area contributed by atoms with E-state index in [1.807, 2.05) is 66.7 Å². The van der Waals surface area contributed by atoms with Crippen LogP contribution in [0.5, 0.6) is 11.5 Å². The summed E-state index contributed by atoms with van der Waals surface area (Å²) in [5.41, 5.74) is 1.39. The third kappa shape index (κ3) is 10.2. The Bertz CT molecular complexity index is 3150. The third-order valence-electron chi connectivity index (χ3n) is 11.2. The van der Waals surface area contributed by atoms with Crippen LogP contribution < -0.4 is 25.4 Å². The zero-order chi connectivity index (χ0) is 47.3. The second kappa shape index (κ2) is 20.7. The minimum Gasteiger partial charge on any atom is -0.497 e. The summed E-state index contributed by atoms with van der Waals surface area (Å²) in [4.78, 5) is 88.0. The van der Waals surface area contributed by atoms with Crippen LogP contribution in [0.2, 0.25) is 0 Å². The summed E-state index contributed by atoms with van der Waals surface area (Å²) in [6.45, 7) is 0.154. The molecule has 17 nitrogen and oxygen atoms in total. The molecular weight excluding hydrogens is 883 g/mol. The fraction of sp³-hybridized carbons (Fsp3) is 0.231. The van der Waals surface area contributed by atoms with Gasteiger partial charge < -0.3 is 34.1 Å². The van der Waals surface area contributed by atoms with Gasteiger partial charge in [0.1, 0.15) is 22.9 Å². The van der Waals surface area contributed by atoms with Gasteiger partial charge in [0.15, 0.2) is 0 Å². The Hall–Kier alpha value is -8.96. The average Bonchev–Trinajstić information content (AvgIpc) is 3.95. The molecule has 1 saturated heterocycles. The van der Waals surface area contributed by atoms with E-state index in [4.69, 9.17) is 18.9 Å². The zero-order valence-electron chi connectivity index (χ0n) is 36.6. The number of methoxy groups -OCH3 is 4. The van der Waals surface area contributed by atoms with Gasteiger partial charge >= 0.3 is 18.1 Å². The molecule has 3 aliphatic rings. The van der Waals surface area contributed by atoms with E-state index in [1.165, 1.54) is 38.2 Å². The number of carbonyl (C=O) groups is 6. The van der Waals surface area contributed by atoms with Gasteiger partial charge in [-0.3, -0.25) is 25.0 Å². The molecule has 6 aromatic rings. The summed E-state index contributed by atoms with van der Waals surface area (Å²) < 4.78 is 20.1. The molecule has 6 amide bonds. The molecule has 0 spiro atoms. The van der Waals surface area contributed by atoms with Crippen molar-refractivity contribution < 1.29 is 47.7 Å². The lowest BCUT2D eigenvalue weighted by atomic mass is 9.99. The number of fused-ring (bicyclic) bond motifs is 4. The molecule has 1 fully saturated rings. The first-order chi connectivity index (χ1) is 32.4. The van der Waals surface area contributed by atoms with E-state index < -0.39 is 35.1 Å². The average molecular weight is 932 g/mol. The van der Waals surface area contributed by atoms with Gasteiger partial charge in [0, 0.05) is 35.0 Å². The third-order valence-corrected chi connectivity index (χ3v) is 11.2. The largest absolute Gasteiger partial charge is 0.497 e. The van der Waals surface area contributed by atoms with Crippen LogP contribution in [0.4, 0.5) is 9.59 Å². The molecule has 352 valence electrons. The standard InChI is InChI=1S/C26H23N3O6.C24H18N4O4.2CH4/c1-33-20-11-9-18-15-29(23(30)21(18)14-20)16-26(24(31)34-2,28-25(32)35-3)13-12-19-10-8-17-6-4-5-7-22(17)27-19;1-32-18-9-7-16-13-28(21(29)19(16)12-18)14-24(22(30)26-23(31)27-24)11-10-17-8-6-15-4-2-3-5-20(15)25-17;;/h4-11,14H,15-16H2,1-3H3,(H,28,32);2-9,12H,13-14H2,1H3,(H2,26,27,30,31);2*1H4/t26-;24-;;/m11../s1. The number of hydrogen-bond acceptors (Lipinski definition) is 12. The Morgan fingerprint density at radius 2 is 1.23 bits per heavy atom. The van der Waals surface area contributed by atoms with E-state index in [9.17, 15) is 28.8 Å². The fourth-order valence-electron chi connectivity index (χ4n) is 7.78. The number of imide groups is 1. The summed E-state index contributed by atoms with van der Waals surface area (Å²) >= 11 is 0. The molecule has 0 bridgehead atoms. The predicted molar refractivity (Wildman–Crippen MR) is 256 cm³/mol. The lowest BCUT2D eigenvalue weighted by Crippen LogP contribution is -2.60. The Balaban J connectivity index is 0.000000221. The number of ether oxygens (including phenoxy) is 4. The number of amides is 6. The molecule has 17 heteroatoms. The summed E-state index contributed by atoms with van der Waals surface area (Å²) in [6.07, 6.45) is -0.901. The summed E-state index contributed by atoms with van der Waals surface area (Å²) in [6, 6.07) is 32.1. The van der Waals surface area contributed by atoms with E-state index in [1.54, 1.807) is 42.5 Å². The van der Waals surface area contributed by atoms with E-state index in [2.05, 4.69) is 49.6 Å². The van der Waals surface area contributed by atoms with Crippen LogP contribution in [0.1, 0.15) is 58.1 Å². The fourth-order valence-corrected chi connectivity index (χ4v) is 7.78. The smallest absolute Gasteiger partial charge is 0.408 e. The number of nitrogens with zero attached hydrogens (tertiary/aromatic N) is 4. The molecule has 4 aromatic carbocycles. The molecule has 5 heterocycles. The van der Waals surface area contributed by atoms with Crippen LogP contribution >= 0.6 is 0 Å². The van der Waals surface area contributed by atoms with Crippen molar-refractivity contribution in [3.05, 3.63) is 143 Å². The highest BCUT2D eigenvalue weighted by Crippen LogP contribution is 2.30. The lowest BCUT2D eigenvalue weighted by molar-refractivity contribution is -0.146. The SMILES string of the molecule is C.C.COC(=O)N[C@](C#Cc1ccc2ccccc2n1)(CN1Cc2ccc(OC)cc2C1=O)C(=O)OC.COc1ccc2c(c1)C(=O)N(C[C@@]1(C#Cc3ccc4ccccc4n3)NC(=O)NC1=O)C2. The van der Waals surface area contributed by atoms with E-state index >= 15 is 0 Å². The van der Waals surface area contributed by atoms with Gasteiger partial charge in [0.25, 0.3) is 17.7 Å². The van der Waals surface area contributed by atoms with Crippen LogP contribution in [0.15, 0.2) is 109 Å². The minimum absolute atomic E-state index is 0. The Morgan fingerprint density at radius 1 is 0.696 bits per heavy atom. The highest BCUT2D eigenvalue weighted by molar-refractivity contribution is 6.10. The topological polar surface area (TPSA) is 208 Å². The van der Waals surface area contributed by atoms with Gasteiger partial charge in [0.05, 0.1) is 52.6 Å². The Labute approximate surface area is 398 Å². The molecule has 2 aromatic heterocycles. The number of benzene rings is 4. The van der Waals surface area contributed by atoms with Crippen LogP contribution in [-0.4, -0.2) is 108 Å². The second-order valence-electron chi connectivity index (χ2n) is 15.5. The first kappa shape index (κ1) is 49.5. The number of para-hydroxylation sites is 2. The van der Waals surface area contributed by atoms with Gasteiger partial charge in [-0.15, -0.1) is 0 Å². The van der Waals surface area contributed by atoms with E-state index in [0.717, 1.165) is 32.9 Å². The number of urea groups is 1. The maximum atomic E-state index is 13.1. The number of alkyl carbamates (subject to hydrolysis) is 1. The van der Waals surface area contributed by atoms with Gasteiger partial charge in [-0.05, 0) is 71.5 Å². The van der Waals surface area contributed by atoms with Crippen molar-refractivity contribution in [1.29, 1.82) is 0 Å². The van der Waals surface area contributed by atoms with Crippen molar-refractivity contribution in [3.63, 3.8) is 0 Å². The molecule has 0 aliphatic carbocycles. The molecule has 69 heavy (non-hydrogen) atoms. The van der Waals surface area contributed by atoms with Crippen molar-refractivity contribution in [2.75, 3.05) is 41.5 Å². The van der Waals surface area contributed by atoms with Crippen molar-refractivity contribution in [1.82, 2.24) is 35.7 Å². The number of hydrogen-bond donors (Lipinski definition) is 3. The zero-order valence-corrected chi connectivity index (χ0v) is 36.6. The van der Waals surface area contributed by atoms with Gasteiger partial charge in [-0.2, -0.15) is 0 Å². The van der Waals surface area contributed by atoms with Crippen LogP contribution in [0, 0.1) is 23.7 Å². The second-order valence-corrected chi connectivity index (χ2v) is 15.5. The number of esters is 1. The first-order valence-electron chi connectivity index (χ1n) is 20.6. The highest BCUT2D eigenvalue weighted by Gasteiger charge is 2.49. The molecular formula is C52H49N7O10. The van der Waals surface area contributed by atoms with Crippen molar-refractivity contribution >= 4 is 57.6 Å². The van der Waals surface area contributed by atoms with Gasteiger partial charge in [0.2, 0.25) is 11.1 Å². The monoisotopic (exact) mass is 931 g/mol. The van der Waals surface area contributed by atoms with E-state index in [-0.39, 0.29) is 46.3 Å². The number of pyridine rings is 2. The number of aromatic nitrogens is 2. The molecule has 0 radical (unpaired) electrons. The van der Waals surface area contributed by atoms with Crippen LogP contribution in [0.3, 0.4) is 0 Å². The number of carbonyl (C=O) groups excluding carboxylic acids is 6. The number of rotatable bonds is 8. The quantitative estimate of drug-likeness (QED) is 0.0966. The molecule has 9 rings (SSSR count). The molecule has 3 N–H and O–H groups in total. The van der Waals surface area contributed by atoms with Crippen molar-refractivity contribution in [2.24, 2.45) is 0 Å². The summed E-state index contributed by atoms with van der Waals surface area (Å²) in [7, 11) is 5.39. The molecule has 2 atom stereocenters. The summed E-state index contributed by atoms with van der Waals surface area (Å²) in [5.74, 6) is 10.5. The first-order valence-corrected chi connectivity index (χ1v) is 20.6. The lowest BCUT2D eigenvalue weighted by Gasteiger charge is -2.30. The molecule has 0 saturated carbocycles. The Morgan fingerprint density at radius 3 is 1.75 bits per heavy atom.